The maximum Gasteiger partial charge on any atom is 0.201 e. The molecule has 3 rings (SSSR count). The molecule has 96 valence electrons. The average molecular weight is 247 g/mol. The molecule has 1 aromatic carbocycles. The minimum Gasteiger partial charge on any atom is -0.376 e. The summed E-state index contributed by atoms with van der Waals surface area (Å²) in [7, 11) is 0. The highest BCUT2D eigenvalue weighted by atomic mass is 16.6. The van der Waals surface area contributed by atoms with E-state index in [0.717, 1.165) is 11.0 Å². The topological polar surface area (TPSA) is 62.3 Å². The monoisotopic (exact) mass is 247 g/mol. The first-order valence-electron chi connectivity index (χ1n) is 6.16. The lowest BCUT2D eigenvalue weighted by Gasteiger charge is -2.23. The highest BCUT2D eigenvalue weighted by molar-refractivity contribution is 5.79. The molecule has 0 aliphatic carbocycles. The van der Waals surface area contributed by atoms with Crippen molar-refractivity contribution in [3.05, 3.63) is 23.8 Å². The third kappa shape index (κ3) is 2.07. The van der Waals surface area contributed by atoms with E-state index < -0.39 is 0 Å². The maximum atomic E-state index is 5.98. The largest absolute Gasteiger partial charge is 0.376 e. The molecule has 2 N–H and O–H groups in total. The van der Waals surface area contributed by atoms with Gasteiger partial charge in [0.05, 0.1) is 43.5 Å². The molecule has 0 bridgehead atoms. The summed E-state index contributed by atoms with van der Waals surface area (Å²) in [6, 6.07) is 6.14. The van der Waals surface area contributed by atoms with Crippen LogP contribution in [0.1, 0.15) is 5.56 Å². The van der Waals surface area contributed by atoms with Crippen molar-refractivity contribution in [1.29, 1.82) is 0 Å². The molecule has 1 unspecified atom stereocenters. The van der Waals surface area contributed by atoms with Gasteiger partial charge in [0.1, 0.15) is 0 Å². The van der Waals surface area contributed by atoms with Crippen LogP contribution in [0, 0.1) is 6.92 Å². The van der Waals surface area contributed by atoms with Crippen molar-refractivity contribution < 1.29 is 9.47 Å². The van der Waals surface area contributed by atoms with E-state index in [4.69, 9.17) is 15.2 Å². The van der Waals surface area contributed by atoms with E-state index in [1.807, 2.05) is 16.7 Å². The van der Waals surface area contributed by atoms with Crippen molar-refractivity contribution in [3.8, 4) is 0 Å². The summed E-state index contributed by atoms with van der Waals surface area (Å²) in [5, 5.41) is 0. The van der Waals surface area contributed by atoms with Gasteiger partial charge in [-0.05, 0) is 24.6 Å². The predicted octanol–water partition coefficient (Wildman–Crippen LogP) is 1.34. The van der Waals surface area contributed by atoms with Gasteiger partial charge in [-0.2, -0.15) is 0 Å². The number of rotatable bonds is 2. The minimum absolute atomic E-state index is 0.0546. The lowest BCUT2D eigenvalue weighted by Crippen LogP contribution is -2.32. The van der Waals surface area contributed by atoms with Gasteiger partial charge in [-0.1, -0.05) is 6.07 Å². The van der Waals surface area contributed by atoms with Gasteiger partial charge in [-0.15, -0.1) is 0 Å². The lowest BCUT2D eigenvalue weighted by atomic mass is 10.2. The molecule has 5 nitrogen and oxygen atoms in total. The Hall–Kier alpha value is -1.59. The molecule has 1 aliphatic rings. The fourth-order valence-electron chi connectivity index (χ4n) is 2.29. The summed E-state index contributed by atoms with van der Waals surface area (Å²) in [5.41, 5.74) is 9.16. The van der Waals surface area contributed by atoms with Crippen LogP contribution in [0.4, 0.5) is 5.95 Å². The number of nitrogens with zero attached hydrogens (tertiary/aromatic N) is 2. The number of hydrogen-bond donors (Lipinski definition) is 1. The molecule has 1 atom stereocenters. The maximum absolute atomic E-state index is 5.98. The molecule has 0 radical (unpaired) electrons. The summed E-state index contributed by atoms with van der Waals surface area (Å²) < 4.78 is 13.1. The molecule has 0 saturated carbocycles. The first kappa shape index (κ1) is 11.5. The quantitative estimate of drug-likeness (QED) is 0.870. The molecular weight excluding hydrogens is 230 g/mol. The van der Waals surface area contributed by atoms with E-state index in [0.29, 0.717) is 32.3 Å². The van der Waals surface area contributed by atoms with Gasteiger partial charge in [0, 0.05) is 0 Å². The average Bonchev–Trinajstić information content (AvgIpc) is 2.67. The molecule has 5 heteroatoms. The van der Waals surface area contributed by atoms with E-state index in [9.17, 15) is 0 Å². The molecule has 1 aliphatic heterocycles. The minimum atomic E-state index is 0.0546. The number of anilines is 1. The Kier molecular flexibility index (Phi) is 2.93. The Balaban J connectivity index is 1.94. The fraction of sp³-hybridized carbons (Fsp3) is 0.462. The Morgan fingerprint density at radius 2 is 2.33 bits per heavy atom. The van der Waals surface area contributed by atoms with Crippen molar-refractivity contribution in [1.82, 2.24) is 9.55 Å². The number of aromatic nitrogens is 2. The second-order valence-electron chi connectivity index (χ2n) is 4.64. The van der Waals surface area contributed by atoms with Crippen LogP contribution in [0.3, 0.4) is 0 Å². The van der Waals surface area contributed by atoms with E-state index in [2.05, 4.69) is 18.0 Å². The van der Waals surface area contributed by atoms with Crippen molar-refractivity contribution >= 4 is 17.0 Å². The summed E-state index contributed by atoms with van der Waals surface area (Å²) in [4.78, 5) is 4.36. The summed E-state index contributed by atoms with van der Waals surface area (Å²) in [6.07, 6.45) is 0.0546. The molecule has 1 saturated heterocycles. The standard InChI is InChI=1S/C13H17N3O2/c1-9-2-3-11-12(6-9)16(13(14)15-11)7-10-8-17-4-5-18-10/h2-3,6,10H,4-5,7-8H2,1H3,(H2,14,15). The number of ether oxygens (including phenoxy) is 2. The van der Waals surface area contributed by atoms with Crippen LogP contribution in [-0.4, -0.2) is 35.5 Å². The van der Waals surface area contributed by atoms with Gasteiger partial charge in [0.15, 0.2) is 0 Å². The summed E-state index contributed by atoms with van der Waals surface area (Å²) in [5.74, 6) is 0.532. The zero-order valence-electron chi connectivity index (χ0n) is 10.4. The zero-order valence-corrected chi connectivity index (χ0v) is 10.4. The van der Waals surface area contributed by atoms with Crippen molar-refractivity contribution in [2.24, 2.45) is 0 Å². The molecule has 2 heterocycles. The van der Waals surface area contributed by atoms with Gasteiger partial charge in [0.2, 0.25) is 5.95 Å². The SMILES string of the molecule is Cc1ccc2nc(N)n(CC3COCCO3)c2c1. The highest BCUT2D eigenvalue weighted by Gasteiger charge is 2.18. The molecular formula is C13H17N3O2. The van der Waals surface area contributed by atoms with Crippen LogP contribution in [0.25, 0.3) is 11.0 Å². The molecule has 2 aromatic rings. The number of aryl methyl sites for hydroxylation is 1. The highest BCUT2D eigenvalue weighted by Crippen LogP contribution is 2.20. The van der Waals surface area contributed by atoms with Crippen molar-refractivity contribution in [3.63, 3.8) is 0 Å². The van der Waals surface area contributed by atoms with Crippen molar-refractivity contribution in [2.75, 3.05) is 25.6 Å². The summed E-state index contributed by atoms with van der Waals surface area (Å²) >= 11 is 0. The second-order valence-corrected chi connectivity index (χ2v) is 4.64. The van der Waals surface area contributed by atoms with E-state index >= 15 is 0 Å². The van der Waals surface area contributed by atoms with Crippen LogP contribution >= 0.6 is 0 Å². The van der Waals surface area contributed by atoms with E-state index in [-0.39, 0.29) is 6.10 Å². The first-order chi connectivity index (χ1) is 8.74. The number of hydrogen-bond acceptors (Lipinski definition) is 4. The van der Waals surface area contributed by atoms with Crippen LogP contribution in [-0.2, 0) is 16.0 Å². The predicted molar refractivity (Wildman–Crippen MR) is 69.4 cm³/mol. The van der Waals surface area contributed by atoms with Gasteiger partial charge < -0.3 is 19.8 Å². The zero-order chi connectivity index (χ0) is 12.5. The van der Waals surface area contributed by atoms with Gasteiger partial charge in [-0.3, -0.25) is 0 Å². The van der Waals surface area contributed by atoms with Crippen LogP contribution in [0.5, 0.6) is 0 Å². The van der Waals surface area contributed by atoms with Crippen LogP contribution in [0.15, 0.2) is 18.2 Å². The number of nitrogen functional groups attached to an aromatic ring is 1. The molecule has 1 aromatic heterocycles. The van der Waals surface area contributed by atoms with Crippen LogP contribution in [0.2, 0.25) is 0 Å². The number of imidazole rings is 1. The Labute approximate surface area is 106 Å². The van der Waals surface area contributed by atoms with E-state index in [1.165, 1.54) is 5.56 Å². The first-order valence-corrected chi connectivity index (χ1v) is 6.16. The van der Waals surface area contributed by atoms with Crippen LogP contribution < -0.4 is 5.73 Å². The molecule has 0 amide bonds. The lowest BCUT2D eigenvalue weighted by molar-refractivity contribution is -0.0930. The Morgan fingerprint density at radius 3 is 3.11 bits per heavy atom. The fourth-order valence-corrected chi connectivity index (χ4v) is 2.29. The number of benzene rings is 1. The number of nitrogens with two attached hydrogens (primary N) is 1. The van der Waals surface area contributed by atoms with Gasteiger partial charge >= 0.3 is 0 Å². The Morgan fingerprint density at radius 1 is 1.44 bits per heavy atom. The number of fused-ring (bicyclic) bond motifs is 1. The smallest absolute Gasteiger partial charge is 0.201 e. The molecule has 18 heavy (non-hydrogen) atoms. The van der Waals surface area contributed by atoms with Gasteiger partial charge in [0.25, 0.3) is 0 Å². The third-order valence-electron chi connectivity index (χ3n) is 3.20. The third-order valence-corrected chi connectivity index (χ3v) is 3.20. The Bertz CT molecular complexity index is 559. The summed E-state index contributed by atoms with van der Waals surface area (Å²) in [6.45, 7) is 4.69. The van der Waals surface area contributed by atoms with Crippen molar-refractivity contribution in [2.45, 2.75) is 19.6 Å². The van der Waals surface area contributed by atoms with E-state index in [1.54, 1.807) is 0 Å². The normalized spacial score (nSPS) is 20.4. The molecule has 1 fully saturated rings. The molecule has 0 spiro atoms. The van der Waals surface area contributed by atoms with Gasteiger partial charge in [-0.25, -0.2) is 4.98 Å². The second kappa shape index (κ2) is 4.59.